The Balaban J connectivity index is 1.89. The van der Waals surface area contributed by atoms with E-state index in [1.54, 1.807) is 0 Å². The van der Waals surface area contributed by atoms with Crippen LogP contribution in [0.4, 0.5) is 0 Å². The first-order valence-electron chi connectivity index (χ1n) is 7.60. The van der Waals surface area contributed by atoms with Crippen LogP contribution in [0.1, 0.15) is 56.5 Å². The van der Waals surface area contributed by atoms with Crippen molar-refractivity contribution in [2.24, 2.45) is 0 Å². The van der Waals surface area contributed by atoms with E-state index in [-0.39, 0.29) is 0 Å². The van der Waals surface area contributed by atoms with Crippen molar-refractivity contribution in [2.75, 3.05) is 7.05 Å². The van der Waals surface area contributed by atoms with Crippen LogP contribution in [0.2, 0.25) is 0 Å². The van der Waals surface area contributed by atoms with Crippen LogP contribution in [-0.2, 0) is 6.42 Å². The number of hydrogen-bond acceptors (Lipinski definition) is 3. The molecule has 3 nitrogen and oxygen atoms in total. The summed E-state index contributed by atoms with van der Waals surface area (Å²) in [6, 6.07) is 1.47. The van der Waals surface area contributed by atoms with Crippen molar-refractivity contribution < 1.29 is 0 Å². The van der Waals surface area contributed by atoms with Gasteiger partial charge in [-0.15, -0.1) is 0 Å². The Morgan fingerprint density at radius 1 is 1.35 bits per heavy atom. The molecule has 20 heavy (non-hydrogen) atoms. The maximum Gasteiger partial charge on any atom is 0.144 e. The van der Waals surface area contributed by atoms with Crippen LogP contribution < -0.4 is 0 Å². The number of nitrogens with one attached hydrogen (secondary N) is 1. The molecule has 1 N–H and O–H groups in total. The van der Waals surface area contributed by atoms with E-state index >= 15 is 0 Å². The molecule has 1 aromatic rings. The zero-order valence-corrected chi connectivity index (χ0v) is 14.6. The fraction of sp³-hybridized carbons (Fsp3) is 0.733. The van der Waals surface area contributed by atoms with E-state index in [0.717, 1.165) is 35.2 Å². The van der Waals surface area contributed by atoms with Gasteiger partial charge in [0.05, 0.1) is 4.47 Å². The predicted octanol–water partition coefficient (Wildman–Crippen LogP) is 4.19. The average molecular weight is 356 g/mol. The van der Waals surface area contributed by atoms with Crippen molar-refractivity contribution in [2.45, 2.75) is 63.5 Å². The monoisotopic (exact) mass is 355 g/mol. The Bertz CT molecular complexity index is 543. The number of nitrogens with zero attached hydrogens (tertiary/aromatic N) is 2. The van der Waals surface area contributed by atoms with Crippen LogP contribution >= 0.6 is 28.1 Å². The van der Waals surface area contributed by atoms with E-state index in [1.807, 2.05) is 0 Å². The second-order valence-electron chi connectivity index (χ2n) is 6.19. The summed E-state index contributed by atoms with van der Waals surface area (Å²) in [5.74, 6) is 1.67. The van der Waals surface area contributed by atoms with E-state index in [4.69, 9.17) is 12.2 Å². The number of aromatic nitrogens is 2. The largest absolute Gasteiger partial charge is 0.346 e. The molecule has 0 saturated carbocycles. The van der Waals surface area contributed by atoms with Gasteiger partial charge < -0.3 is 9.88 Å². The molecule has 2 saturated heterocycles. The van der Waals surface area contributed by atoms with Crippen LogP contribution in [0.15, 0.2) is 4.47 Å². The van der Waals surface area contributed by atoms with Crippen molar-refractivity contribution in [3.63, 3.8) is 0 Å². The Hall–Kier alpha value is -0.260. The molecule has 5 heteroatoms. The topological polar surface area (TPSA) is 31.9 Å². The molecule has 3 heterocycles. The van der Waals surface area contributed by atoms with E-state index in [0.29, 0.717) is 10.6 Å². The lowest BCUT2D eigenvalue weighted by Crippen LogP contribution is -2.39. The number of piperidine rings is 1. The van der Waals surface area contributed by atoms with Crippen molar-refractivity contribution in [3.8, 4) is 0 Å². The van der Waals surface area contributed by atoms with Crippen LogP contribution in [0.25, 0.3) is 0 Å². The number of hydrogen-bond donors (Lipinski definition) is 1. The van der Waals surface area contributed by atoms with Crippen molar-refractivity contribution >= 4 is 28.1 Å². The summed E-state index contributed by atoms with van der Waals surface area (Å²) in [5, 5.41) is 0. The molecule has 1 aromatic heterocycles. The molecular formula is C15H22BrN3S. The molecule has 0 amide bonds. The first-order valence-corrected chi connectivity index (χ1v) is 8.80. The molecule has 3 rings (SSSR count). The Morgan fingerprint density at radius 3 is 2.60 bits per heavy atom. The molecule has 0 spiro atoms. The SMILES string of the molecule is CCCc1[nH]c(C2CC3CCC(C2)N3C)nc(=S)c1Br. The zero-order valence-electron chi connectivity index (χ0n) is 12.2. The number of aryl methyl sites for hydroxylation is 1. The van der Waals surface area contributed by atoms with Gasteiger partial charge in [0.25, 0.3) is 0 Å². The molecule has 2 bridgehead atoms. The fourth-order valence-corrected chi connectivity index (χ4v) is 4.38. The summed E-state index contributed by atoms with van der Waals surface area (Å²) in [6.45, 7) is 2.19. The second kappa shape index (κ2) is 5.85. The molecule has 2 aliphatic rings. The van der Waals surface area contributed by atoms with Gasteiger partial charge in [-0.25, -0.2) is 4.98 Å². The van der Waals surface area contributed by atoms with Gasteiger partial charge in [0.1, 0.15) is 10.5 Å². The molecule has 2 aliphatic heterocycles. The highest BCUT2D eigenvalue weighted by Crippen LogP contribution is 2.41. The number of fused-ring (bicyclic) bond motifs is 2. The maximum atomic E-state index is 5.42. The van der Waals surface area contributed by atoms with Crippen LogP contribution in [0, 0.1) is 4.64 Å². The highest BCUT2D eigenvalue weighted by Gasteiger charge is 2.39. The minimum absolute atomic E-state index is 0.550. The van der Waals surface area contributed by atoms with Crippen molar-refractivity contribution in [1.82, 2.24) is 14.9 Å². The van der Waals surface area contributed by atoms with Gasteiger partial charge in [-0.1, -0.05) is 25.6 Å². The molecule has 0 aliphatic carbocycles. The molecule has 0 radical (unpaired) electrons. The van der Waals surface area contributed by atoms with Gasteiger partial charge >= 0.3 is 0 Å². The van der Waals surface area contributed by atoms with E-state index in [1.165, 1.54) is 31.4 Å². The first kappa shape index (κ1) is 14.7. The van der Waals surface area contributed by atoms with Gasteiger partial charge in [0, 0.05) is 23.7 Å². The minimum atomic E-state index is 0.550. The summed E-state index contributed by atoms with van der Waals surface area (Å²) in [7, 11) is 2.28. The zero-order chi connectivity index (χ0) is 14.3. The number of aromatic amines is 1. The first-order chi connectivity index (χ1) is 9.60. The lowest BCUT2D eigenvalue weighted by Gasteiger charge is -2.36. The minimum Gasteiger partial charge on any atom is -0.346 e. The Kier molecular flexibility index (Phi) is 4.29. The van der Waals surface area contributed by atoms with Gasteiger partial charge in [-0.2, -0.15) is 0 Å². The molecular weight excluding hydrogens is 334 g/mol. The highest BCUT2D eigenvalue weighted by molar-refractivity contribution is 9.10. The summed E-state index contributed by atoms with van der Waals surface area (Å²) < 4.78 is 1.70. The summed E-state index contributed by atoms with van der Waals surface area (Å²) in [4.78, 5) is 10.8. The summed E-state index contributed by atoms with van der Waals surface area (Å²) in [5.41, 5.74) is 1.22. The van der Waals surface area contributed by atoms with Gasteiger partial charge in [0.2, 0.25) is 0 Å². The quantitative estimate of drug-likeness (QED) is 0.824. The van der Waals surface area contributed by atoms with Crippen molar-refractivity contribution in [3.05, 3.63) is 20.6 Å². The van der Waals surface area contributed by atoms with Gasteiger partial charge in [0.15, 0.2) is 0 Å². The highest BCUT2D eigenvalue weighted by atomic mass is 79.9. The molecule has 110 valence electrons. The Labute approximate surface area is 134 Å². The smallest absolute Gasteiger partial charge is 0.144 e. The maximum absolute atomic E-state index is 5.42. The third-order valence-corrected chi connectivity index (χ3v) is 6.35. The molecule has 2 atom stereocenters. The van der Waals surface area contributed by atoms with Crippen LogP contribution in [0.5, 0.6) is 0 Å². The van der Waals surface area contributed by atoms with Crippen molar-refractivity contribution in [1.29, 1.82) is 0 Å². The van der Waals surface area contributed by atoms with Crippen LogP contribution in [-0.4, -0.2) is 34.0 Å². The standard InChI is InChI=1S/C15H22BrN3S/c1-3-4-12-13(16)15(20)18-14(17-12)9-7-10-5-6-11(8-9)19(10)2/h9-11H,3-8H2,1-2H3,(H,17,18,20). The average Bonchev–Trinajstić information content (AvgIpc) is 2.66. The second-order valence-corrected chi connectivity index (χ2v) is 7.37. The lowest BCUT2D eigenvalue weighted by molar-refractivity contribution is 0.158. The van der Waals surface area contributed by atoms with E-state index in [9.17, 15) is 0 Å². The number of rotatable bonds is 3. The van der Waals surface area contributed by atoms with Crippen LogP contribution in [0.3, 0.4) is 0 Å². The molecule has 2 unspecified atom stereocenters. The summed E-state index contributed by atoms with van der Waals surface area (Å²) >= 11 is 9.00. The van der Waals surface area contributed by atoms with Gasteiger partial charge in [-0.3, -0.25) is 0 Å². The number of H-pyrrole nitrogens is 1. The van der Waals surface area contributed by atoms with E-state index in [2.05, 4.69) is 44.8 Å². The van der Waals surface area contributed by atoms with Gasteiger partial charge in [-0.05, 0) is 55.1 Å². The molecule has 0 aromatic carbocycles. The third kappa shape index (κ3) is 2.60. The Morgan fingerprint density at radius 2 is 2.00 bits per heavy atom. The fourth-order valence-electron chi connectivity index (χ4n) is 3.78. The normalized spacial score (nSPS) is 29.9. The van der Waals surface area contributed by atoms with E-state index < -0.39 is 0 Å². The molecule has 2 fully saturated rings. The lowest BCUT2D eigenvalue weighted by atomic mass is 9.90. The number of halogens is 1. The predicted molar refractivity (Wildman–Crippen MR) is 87.7 cm³/mol. The third-order valence-electron chi connectivity index (χ3n) is 4.94. The summed E-state index contributed by atoms with van der Waals surface area (Å²) in [6.07, 6.45) is 7.27.